The molecule has 0 aliphatic rings. The lowest BCUT2D eigenvalue weighted by Crippen LogP contribution is -2.48. The zero-order valence-corrected chi connectivity index (χ0v) is 11.1. The van der Waals surface area contributed by atoms with Crippen molar-refractivity contribution in [3.05, 3.63) is 11.1 Å². The lowest BCUT2D eigenvalue weighted by atomic mass is 9.97. The van der Waals surface area contributed by atoms with Crippen LogP contribution in [0.2, 0.25) is 0 Å². The molecule has 1 rings (SSSR count). The fourth-order valence-electron chi connectivity index (χ4n) is 1.37. The molecule has 1 amide bonds. The van der Waals surface area contributed by atoms with Crippen LogP contribution < -0.4 is 11.1 Å². The van der Waals surface area contributed by atoms with E-state index in [1.165, 1.54) is 18.3 Å². The first-order chi connectivity index (χ1) is 7.86. The Kier molecular flexibility index (Phi) is 4.36. The highest BCUT2D eigenvalue weighted by atomic mass is 32.1. The van der Waals surface area contributed by atoms with Gasteiger partial charge >= 0.3 is 0 Å². The molecular formula is C11H17N3O2S. The molecule has 1 atom stereocenters. The van der Waals surface area contributed by atoms with Gasteiger partial charge in [0.15, 0.2) is 10.9 Å². The number of amides is 1. The number of hydrogen-bond donors (Lipinski definition) is 2. The first kappa shape index (κ1) is 13.8. The minimum absolute atomic E-state index is 0.120. The van der Waals surface area contributed by atoms with Crippen LogP contribution in [0.25, 0.3) is 0 Å². The van der Waals surface area contributed by atoms with Crippen LogP contribution >= 0.6 is 11.3 Å². The van der Waals surface area contributed by atoms with Gasteiger partial charge in [0.25, 0.3) is 0 Å². The van der Waals surface area contributed by atoms with Crippen LogP contribution in [0.4, 0.5) is 5.13 Å². The van der Waals surface area contributed by atoms with Gasteiger partial charge in [-0.3, -0.25) is 9.59 Å². The molecule has 0 saturated heterocycles. The zero-order valence-electron chi connectivity index (χ0n) is 10.2. The van der Waals surface area contributed by atoms with Crippen LogP contribution in [0.5, 0.6) is 0 Å². The van der Waals surface area contributed by atoms with Gasteiger partial charge in [-0.1, -0.05) is 13.3 Å². The molecule has 17 heavy (non-hydrogen) atoms. The summed E-state index contributed by atoms with van der Waals surface area (Å²) >= 11 is 1.22. The molecule has 0 fully saturated rings. The highest BCUT2D eigenvalue weighted by molar-refractivity contribution is 7.14. The Morgan fingerprint density at radius 1 is 1.59 bits per heavy atom. The summed E-state index contributed by atoms with van der Waals surface area (Å²) in [6.07, 6.45) is 1.43. The van der Waals surface area contributed by atoms with Crippen molar-refractivity contribution in [3.8, 4) is 0 Å². The van der Waals surface area contributed by atoms with Gasteiger partial charge in [-0.2, -0.15) is 0 Å². The topological polar surface area (TPSA) is 85.1 Å². The van der Waals surface area contributed by atoms with Crippen LogP contribution in [0, 0.1) is 0 Å². The van der Waals surface area contributed by atoms with Crippen LogP contribution in [-0.4, -0.2) is 22.2 Å². The van der Waals surface area contributed by atoms with Gasteiger partial charge in [0.2, 0.25) is 5.91 Å². The smallest absolute Gasteiger partial charge is 0.245 e. The van der Waals surface area contributed by atoms with Crippen LogP contribution in [-0.2, 0) is 4.79 Å². The van der Waals surface area contributed by atoms with Gasteiger partial charge in [-0.25, -0.2) is 4.98 Å². The minimum atomic E-state index is -0.906. The first-order valence-corrected chi connectivity index (χ1v) is 6.31. The number of thiazole rings is 1. The lowest BCUT2D eigenvalue weighted by Gasteiger charge is -2.21. The Bertz CT molecular complexity index is 426. The van der Waals surface area contributed by atoms with E-state index >= 15 is 0 Å². The average Bonchev–Trinajstić information content (AvgIpc) is 2.66. The highest BCUT2D eigenvalue weighted by Gasteiger charge is 2.27. The molecule has 0 spiro atoms. The second-order valence-corrected chi connectivity index (χ2v) is 5.07. The number of nitrogens with two attached hydrogens (primary N) is 1. The fraction of sp³-hybridized carbons (Fsp3) is 0.545. The molecule has 1 heterocycles. The number of aromatic nitrogens is 1. The minimum Gasteiger partial charge on any atom is -0.318 e. The Morgan fingerprint density at radius 3 is 2.71 bits per heavy atom. The van der Waals surface area contributed by atoms with E-state index in [4.69, 9.17) is 5.73 Å². The van der Waals surface area contributed by atoms with Crippen molar-refractivity contribution < 1.29 is 9.59 Å². The predicted octanol–water partition coefficient (Wildman–Crippen LogP) is 1.80. The number of carbonyl (C=O) groups excluding carboxylic acids is 2. The predicted molar refractivity (Wildman–Crippen MR) is 68.2 cm³/mol. The van der Waals surface area contributed by atoms with Gasteiger partial charge in [-0.05, 0) is 13.3 Å². The van der Waals surface area contributed by atoms with E-state index in [0.29, 0.717) is 17.2 Å². The quantitative estimate of drug-likeness (QED) is 0.786. The second kappa shape index (κ2) is 5.37. The van der Waals surface area contributed by atoms with Gasteiger partial charge in [0.05, 0.1) is 5.54 Å². The molecule has 6 heteroatoms. The number of anilines is 1. The van der Waals surface area contributed by atoms with Crippen molar-refractivity contribution in [1.29, 1.82) is 0 Å². The fourth-order valence-corrected chi connectivity index (χ4v) is 2.11. The summed E-state index contributed by atoms with van der Waals surface area (Å²) in [6, 6.07) is 0. The summed E-state index contributed by atoms with van der Waals surface area (Å²) in [5.74, 6) is -0.394. The maximum absolute atomic E-state index is 11.8. The Balaban J connectivity index is 2.70. The molecule has 94 valence electrons. The maximum atomic E-state index is 11.8. The number of Topliss-reactive ketones (excluding diaryl/α,β-unsaturated/α-hetero) is 1. The number of nitrogens with zero attached hydrogens (tertiary/aromatic N) is 1. The summed E-state index contributed by atoms with van der Waals surface area (Å²) in [4.78, 5) is 26.9. The third-order valence-corrected chi connectivity index (χ3v) is 3.13. The Labute approximate surface area is 104 Å². The second-order valence-electron chi connectivity index (χ2n) is 4.22. The number of rotatable bonds is 5. The summed E-state index contributed by atoms with van der Waals surface area (Å²) in [7, 11) is 0. The van der Waals surface area contributed by atoms with Gasteiger partial charge in [-0.15, -0.1) is 11.3 Å². The van der Waals surface area contributed by atoms with Gasteiger partial charge in [0, 0.05) is 12.3 Å². The monoisotopic (exact) mass is 255 g/mol. The average molecular weight is 255 g/mol. The maximum Gasteiger partial charge on any atom is 0.245 e. The molecule has 0 bridgehead atoms. The summed E-state index contributed by atoms with van der Waals surface area (Å²) in [5, 5.41) is 4.66. The molecule has 0 radical (unpaired) electrons. The Hall–Kier alpha value is -1.27. The number of nitrogens with one attached hydrogen (secondary N) is 1. The molecule has 0 saturated carbocycles. The summed E-state index contributed by atoms with van der Waals surface area (Å²) in [6.45, 7) is 5.09. The van der Waals surface area contributed by atoms with Gasteiger partial charge in [0.1, 0.15) is 5.69 Å². The molecule has 5 nitrogen and oxygen atoms in total. The molecular weight excluding hydrogens is 238 g/mol. The molecule has 1 aromatic heterocycles. The van der Waals surface area contributed by atoms with E-state index in [-0.39, 0.29) is 11.7 Å². The zero-order chi connectivity index (χ0) is 13.1. The normalized spacial score (nSPS) is 14.1. The SMILES string of the molecule is CCCC(C)(N)C(=O)Nc1nc(C(C)=O)cs1. The largest absolute Gasteiger partial charge is 0.318 e. The van der Waals surface area contributed by atoms with E-state index in [1.807, 2.05) is 6.92 Å². The molecule has 0 aliphatic carbocycles. The first-order valence-electron chi connectivity index (χ1n) is 5.43. The van der Waals surface area contributed by atoms with E-state index in [1.54, 1.807) is 12.3 Å². The van der Waals surface area contributed by atoms with Crippen LogP contribution in [0.15, 0.2) is 5.38 Å². The third kappa shape index (κ3) is 3.61. The van der Waals surface area contributed by atoms with Gasteiger partial charge < -0.3 is 11.1 Å². The van der Waals surface area contributed by atoms with Crippen LogP contribution in [0.3, 0.4) is 0 Å². The van der Waals surface area contributed by atoms with Crippen molar-refractivity contribution in [2.75, 3.05) is 5.32 Å². The standard InChI is InChI=1S/C11H17N3O2S/c1-4-5-11(3,12)9(16)14-10-13-8(6-17-10)7(2)15/h6H,4-5,12H2,1-3H3,(H,13,14,16). The van der Waals surface area contributed by atoms with E-state index in [0.717, 1.165) is 6.42 Å². The number of ketones is 1. The van der Waals surface area contributed by atoms with E-state index < -0.39 is 5.54 Å². The number of carbonyl (C=O) groups is 2. The lowest BCUT2D eigenvalue weighted by molar-refractivity contribution is -0.120. The third-order valence-electron chi connectivity index (χ3n) is 2.37. The van der Waals surface area contributed by atoms with Crippen molar-refractivity contribution in [2.45, 2.75) is 39.2 Å². The van der Waals surface area contributed by atoms with Crippen molar-refractivity contribution in [2.24, 2.45) is 5.73 Å². The molecule has 1 aromatic rings. The summed E-state index contributed by atoms with van der Waals surface area (Å²) < 4.78 is 0. The number of hydrogen-bond acceptors (Lipinski definition) is 5. The van der Waals surface area contributed by atoms with Crippen molar-refractivity contribution in [3.63, 3.8) is 0 Å². The van der Waals surface area contributed by atoms with E-state index in [9.17, 15) is 9.59 Å². The Morgan fingerprint density at radius 2 is 2.24 bits per heavy atom. The molecule has 1 unspecified atom stereocenters. The van der Waals surface area contributed by atoms with E-state index in [2.05, 4.69) is 10.3 Å². The van der Waals surface area contributed by atoms with Crippen molar-refractivity contribution >= 4 is 28.2 Å². The van der Waals surface area contributed by atoms with Crippen molar-refractivity contribution in [1.82, 2.24) is 4.98 Å². The summed E-state index contributed by atoms with van der Waals surface area (Å²) in [5.41, 5.74) is 5.34. The van der Waals surface area contributed by atoms with Crippen LogP contribution in [0.1, 0.15) is 44.1 Å². The molecule has 0 aliphatic heterocycles. The highest BCUT2D eigenvalue weighted by Crippen LogP contribution is 2.18. The molecule has 0 aromatic carbocycles. The molecule has 3 N–H and O–H groups in total.